The zero-order chi connectivity index (χ0) is 17.6. The molecule has 0 spiro atoms. The van der Waals surface area contributed by atoms with Crippen LogP contribution in [0.5, 0.6) is 0 Å². The van der Waals surface area contributed by atoms with Crippen molar-refractivity contribution >= 4 is 29.7 Å². The van der Waals surface area contributed by atoms with E-state index < -0.39 is 23.7 Å². The van der Waals surface area contributed by atoms with Crippen LogP contribution in [0.3, 0.4) is 0 Å². The molecule has 0 saturated carbocycles. The van der Waals surface area contributed by atoms with E-state index in [0.29, 0.717) is 6.23 Å². The zero-order valence-corrected chi connectivity index (χ0v) is 19.3. The van der Waals surface area contributed by atoms with E-state index in [0.717, 1.165) is 6.42 Å². The molecule has 1 atom stereocenters. The van der Waals surface area contributed by atoms with Gasteiger partial charge in [0.15, 0.2) is 7.83 Å². The minimum absolute atomic E-state index is 0.00885. The predicted octanol–water partition coefficient (Wildman–Crippen LogP) is 5.13. The summed E-state index contributed by atoms with van der Waals surface area (Å²) in [5.41, 5.74) is 0. The molecule has 0 aromatic heterocycles. The van der Waals surface area contributed by atoms with E-state index in [1.807, 2.05) is 13.8 Å². The van der Waals surface area contributed by atoms with Gasteiger partial charge in [0.2, 0.25) is 8.32 Å². The number of ether oxygens (including phenoxy) is 1. The molecule has 0 aliphatic rings. The molecule has 0 saturated heterocycles. The highest BCUT2D eigenvalue weighted by Crippen LogP contribution is 2.33. The topological polar surface area (TPSA) is 35.5 Å². The first kappa shape index (κ1) is 22.1. The molecule has 0 amide bonds. The van der Waals surface area contributed by atoms with Crippen LogP contribution in [0.25, 0.3) is 0 Å². The first-order valence-electron chi connectivity index (χ1n) is 8.87. The monoisotopic (exact) mass is 362 g/mol. The smallest absolute Gasteiger partial charge is 0.308 e. The summed E-state index contributed by atoms with van der Waals surface area (Å²) >= 11 is 0. The van der Waals surface area contributed by atoms with E-state index in [4.69, 9.17) is 8.85 Å². The maximum Gasteiger partial charge on any atom is 0.308 e. The lowest BCUT2D eigenvalue weighted by Gasteiger charge is -2.46. The fourth-order valence-corrected chi connectivity index (χ4v) is 26.7. The van der Waals surface area contributed by atoms with Crippen molar-refractivity contribution in [1.29, 1.82) is 0 Å². The summed E-state index contributed by atoms with van der Waals surface area (Å²) in [6.07, 6.45) is 1.33. The van der Waals surface area contributed by atoms with Gasteiger partial charge in [0.1, 0.15) is 6.23 Å². The Morgan fingerprint density at radius 2 is 1.41 bits per heavy atom. The molecule has 0 rings (SSSR count). The van der Waals surface area contributed by atoms with Crippen molar-refractivity contribution in [3.05, 3.63) is 0 Å². The summed E-state index contributed by atoms with van der Waals surface area (Å²) < 4.78 is 12.3. The minimum atomic E-state index is -1.97. The lowest BCUT2D eigenvalue weighted by atomic mass is 10.1. The Kier molecular flexibility index (Phi) is 8.83. The van der Waals surface area contributed by atoms with Gasteiger partial charge < -0.3 is 8.85 Å². The van der Waals surface area contributed by atoms with Crippen LogP contribution < -0.4 is 0 Å². The second-order valence-corrected chi connectivity index (χ2v) is 26.8. The van der Waals surface area contributed by atoms with Crippen LogP contribution in [0.4, 0.5) is 0 Å². The summed E-state index contributed by atoms with van der Waals surface area (Å²) in [4.78, 5) is 11.9. The van der Waals surface area contributed by atoms with Gasteiger partial charge in [0, 0.05) is 0 Å². The molecule has 0 bridgehead atoms. The molecule has 3 nitrogen and oxygen atoms in total. The molecule has 0 heterocycles. The highest BCUT2D eigenvalue weighted by Gasteiger charge is 2.49. The van der Waals surface area contributed by atoms with Crippen LogP contribution >= 0.6 is 0 Å². The highest BCUT2D eigenvalue weighted by molar-refractivity contribution is 7.40. The van der Waals surface area contributed by atoms with Crippen LogP contribution in [0.1, 0.15) is 41.0 Å². The molecule has 0 aromatic carbocycles. The third-order valence-corrected chi connectivity index (χ3v) is 28.9. The standard InChI is InChI=1S/C16H38O3Si3/c1-10-15(5)16(17)18-14-20(6,7)19-21(8,9)22(11-2,12-3)13-4/h15H,10-14H2,1-9H3. The van der Waals surface area contributed by atoms with E-state index in [2.05, 4.69) is 47.0 Å². The molecule has 0 radical (unpaired) electrons. The van der Waals surface area contributed by atoms with Gasteiger partial charge in [0.05, 0.1) is 13.5 Å². The Hall–Kier alpha value is 0.0806. The zero-order valence-electron chi connectivity index (χ0n) is 16.3. The van der Waals surface area contributed by atoms with Gasteiger partial charge in [-0.25, -0.2) is 0 Å². The Balaban J connectivity index is 4.91. The van der Waals surface area contributed by atoms with Crippen LogP contribution in [0.15, 0.2) is 0 Å². The largest absolute Gasteiger partial charge is 0.466 e. The highest BCUT2D eigenvalue weighted by atomic mass is 29.3. The second-order valence-electron chi connectivity index (χ2n) is 7.63. The van der Waals surface area contributed by atoms with Gasteiger partial charge in [-0.15, -0.1) is 0 Å². The van der Waals surface area contributed by atoms with Crippen LogP contribution in [-0.2, 0) is 13.6 Å². The molecule has 0 fully saturated rings. The molecule has 0 N–H and O–H groups in total. The second kappa shape index (κ2) is 8.80. The Bertz CT molecular complexity index is 344. The molecule has 0 aromatic rings. The van der Waals surface area contributed by atoms with Gasteiger partial charge in [-0.05, 0) is 32.6 Å². The number of esters is 1. The first-order valence-corrected chi connectivity index (χ1v) is 18.5. The van der Waals surface area contributed by atoms with E-state index in [-0.39, 0.29) is 11.9 Å². The van der Waals surface area contributed by atoms with Crippen molar-refractivity contribution < 1.29 is 13.6 Å². The van der Waals surface area contributed by atoms with Crippen LogP contribution in [0.2, 0.25) is 44.3 Å². The number of carbonyl (C=O) groups excluding carboxylic acids is 1. The summed E-state index contributed by atoms with van der Waals surface area (Å²) in [6.45, 7) is 20.2. The number of rotatable bonds is 10. The van der Waals surface area contributed by atoms with E-state index in [1.165, 1.54) is 18.1 Å². The average molecular weight is 363 g/mol. The maximum atomic E-state index is 11.9. The van der Waals surface area contributed by atoms with Gasteiger partial charge in [-0.1, -0.05) is 52.8 Å². The fourth-order valence-electron chi connectivity index (χ4n) is 3.41. The molecule has 22 heavy (non-hydrogen) atoms. The normalized spacial score (nSPS) is 14.8. The quantitative estimate of drug-likeness (QED) is 0.399. The number of carbonyl (C=O) groups is 1. The van der Waals surface area contributed by atoms with Crippen molar-refractivity contribution in [2.75, 3.05) is 6.23 Å². The van der Waals surface area contributed by atoms with Crippen molar-refractivity contribution in [2.24, 2.45) is 5.92 Å². The molecular weight excluding hydrogens is 324 g/mol. The maximum absolute atomic E-state index is 11.9. The minimum Gasteiger partial charge on any atom is -0.466 e. The lowest BCUT2D eigenvalue weighted by Crippen LogP contribution is -2.64. The fraction of sp³-hybridized carbons (Fsp3) is 0.938. The van der Waals surface area contributed by atoms with Crippen molar-refractivity contribution in [3.63, 3.8) is 0 Å². The number of hydrogen-bond donors (Lipinski definition) is 0. The van der Waals surface area contributed by atoms with Crippen LogP contribution in [-0.4, -0.2) is 35.9 Å². The van der Waals surface area contributed by atoms with Crippen molar-refractivity contribution in [3.8, 4) is 0 Å². The molecule has 0 aliphatic carbocycles. The Labute approximate surface area is 141 Å². The van der Waals surface area contributed by atoms with E-state index >= 15 is 0 Å². The summed E-state index contributed by atoms with van der Waals surface area (Å²) in [6, 6.07) is 3.91. The first-order chi connectivity index (χ1) is 10.0. The SMILES string of the molecule is CCC(C)C(=O)OC[Si](C)(C)O[Si](C)(C)[Si](CC)(CC)CC. The van der Waals surface area contributed by atoms with Crippen molar-refractivity contribution in [1.82, 2.24) is 0 Å². The third kappa shape index (κ3) is 5.62. The van der Waals surface area contributed by atoms with Crippen molar-refractivity contribution in [2.45, 2.75) is 85.4 Å². The lowest BCUT2D eigenvalue weighted by molar-refractivity contribution is -0.146. The van der Waals surface area contributed by atoms with Gasteiger partial charge >= 0.3 is 5.97 Å². The molecule has 0 aliphatic heterocycles. The Morgan fingerprint density at radius 1 is 0.955 bits per heavy atom. The third-order valence-electron chi connectivity index (χ3n) is 5.42. The average Bonchev–Trinajstić information content (AvgIpc) is 2.44. The summed E-state index contributed by atoms with van der Waals surface area (Å²) in [5.74, 6) is -0.0819. The predicted molar refractivity (Wildman–Crippen MR) is 104 cm³/mol. The van der Waals surface area contributed by atoms with E-state index in [1.54, 1.807) is 0 Å². The van der Waals surface area contributed by atoms with Gasteiger partial charge in [-0.2, -0.15) is 0 Å². The summed E-state index contributed by atoms with van der Waals surface area (Å²) in [5, 5.41) is 0. The number of hydrogen-bond acceptors (Lipinski definition) is 3. The molecule has 1 unspecified atom stereocenters. The van der Waals surface area contributed by atoms with Gasteiger partial charge in [0.25, 0.3) is 0 Å². The van der Waals surface area contributed by atoms with Gasteiger partial charge in [-0.3, -0.25) is 4.79 Å². The Morgan fingerprint density at radius 3 is 1.77 bits per heavy atom. The molecule has 6 heteroatoms. The molecular formula is C16H38O3Si3. The summed E-state index contributed by atoms with van der Waals surface area (Å²) in [7, 11) is -5.01. The molecule has 132 valence electrons. The van der Waals surface area contributed by atoms with E-state index in [9.17, 15) is 4.79 Å². The van der Waals surface area contributed by atoms with Crippen LogP contribution in [0, 0.1) is 5.92 Å².